The summed E-state index contributed by atoms with van der Waals surface area (Å²) in [5.41, 5.74) is 0.866. The van der Waals surface area contributed by atoms with E-state index in [-0.39, 0.29) is 11.3 Å². The number of nitrogens with zero attached hydrogens (tertiary/aromatic N) is 4. The second kappa shape index (κ2) is 7.70. The molecule has 0 aromatic carbocycles. The monoisotopic (exact) mass is 385 g/mol. The highest BCUT2D eigenvalue weighted by Crippen LogP contribution is 2.41. The predicted octanol–water partition coefficient (Wildman–Crippen LogP) is 1.67. The Hall–Kier alpha value is -2.15. The summed E-state index contributed by atoms with van der Waals surface area (Å²) in [6.45, 7) is 4.46. The average molecular weight is 386 g/mol. The van der Waals surface area contributed by atoms with E-state index in [1.807, 2.05) is 11.0 Å². The van der Waals surface area contributed by atoms with Crippen LogP contribution in [0.25, 0.3) is 0 Å². The quantitative estimate of drug-likeness (QED) is 0.857. The van der Waals surface area contributed by atoms with E-state index >= 15 is 0 Å². The predicted molar refractivity (Wildman–Crippen MR) is 108 cm³/mol. The minimum Gasteiger partial charge on any atom is -0.373 e. The number of carbonyl (C=O) groups is 2. The molecule has 0 bridgehead atoms. The maximum atomic E-state index is 12.9. The first-order chi connectivity index (χ1) is 13.5. The van der Waals surface area contributed by atoms with Crippen LogP contribution in [0.5, 0.6) is 0 Å². The smallest absolute Gasteiger partial charge is 0.254 e. The van der Waals surface area contributed by atoms with Crippen LogP contribution in [0.1, 0.15) is 42.5 Å². The van der Waals surface area contributed by atoms with Crippen LogP contribution < -0.4 is 5.32 Å². The minimum absolute atomic E-state index is 0.0786. The van der Waals surface area contributed by atoms with E-state index in [2.05, 4.69) is 27.1 Å². The van der Waals surface area contributed by atoms with Gasteiger partial charge in [-0.1, -0.05) is 0 Å². The number of likely N-dealkylation sites (tertiary alicyclic amines) is 3. The lowest BCUT2D eigenvalue weighted by atomic mass is 9.72. The molecule has 1 spiro atoms. The molecule has 3 aliphatic heterocycles. The van der Waals surface area contributed by atoms with Crippen LogP contribution in [0.15, 0.2) is 18.3 Å². The molecule has 1 atom stereocenters. The van der Waals surface area contributed by atoms with Gasteiger partial charge in [-0.15, -0.1) is 0 Å². The molecule has 1 N–H and O–H groups in total. The zero-order chi connectivity index (χ0) is 19.7. The van der Waals surface area contributed by atoms with Gasteiger partial charge in [-0.05, 0) is 56.8 Å². The van der Waals surface area contributed by atoms with Crippen LogP contribution >= 0.6 is 0 Å². The molecule has 0 radical (unpaired) electrons. The van der Waals surface area contributed by atoms with Crippen LogP contribution in [0, 0.1) is 5.41 Å². The summed E-state index contributed by atoms with van der Waals surface area (Å²) in [5, 5.41) is 2.99. The van der Waals surface area contributed by atoms with Gasteiger partial charge in [-0.2, -0.15) is 0 Å². The van der Waals surface area contributed by atoms with E-state index in [4.69, 9.17) is 0 Å². The highest BCUT2D eigenvalue weighted by Gasteiger charge is 2.44. The molecular weight excluding hydrogens is 354 g/mol. The van der Waals surface area contributed by atoms with Crippen molar-refractivity contribution in [2.75, 3.05) is 52.1 Å². The molecule has 2 amide bonds. The standard InChI is InChI=1S/C21H31N5O2/c1-22-18-13-16(4-9-23-18)20(28)25-11-7-21(8-12-25)6-3-19(27)26(15-21)17-5-10-24(2)14-17/h4,9,13,17H,3,5-8,10-12,14-15H2,1-2H3,(H,22,23). The molecule has 152 valence electrons. The first-order valence-electron chi connectivity index (χ1n) is 10.4. The van der Waals surface area contributed by atoms with Crippen molar-refractivity contribution >= 4 is 17.6 Å². The van der Waals surface area contributed by atoms with Crippen molar-refractivity contribution in [1.29, 1.82) is 0 Å². The van der Waals surface area contributed by atoms with Crippen molar-refractivity contribution in [3.8, 4) is 0 Å². The molecule has 7 nitrogen and oxygen atoms in total. The first-order valence-corrected chi connectivity index (χ1v) is 10.4. The van der Waals surface area contributed by atoms with Crippen LogP contribution in [0.2, 0.25) is 0 Å². The third-order valence-corrected chi connectivity index (χ3v) is 6.88. The number of amides is 2. The number of carbonyl (C=O) groups excluding carboxylic acids is 2. The third-order valence-electron chi connectivity index (χ3n) is 6.88. The summed E-state index contributed by atoms with van der Waals surface area (Å²) in [5.74, 6) is 1.11. The first kappa shape index (κ1) is 19.2. The lowest BCUT2D eigenvalue weighted by Crippen LogP contribution is -2.55. The Bertz CT molecular complexity index is 744. The summed E-state index contributed by atoms with van der Waals surface area (Å²) >= 11 is 0. The second-order valence-corrected chi connectivity index (χ2v) is 8.70. The van der Waals surface area contributed by atoms with Gasteiger partial charge in [0, 0.05) is 57.4 Å². The fraction of sp³-hybridized carbons (Fsp3) is 0.667. The number of likely N-dealkylation sites (N-methyl/N-ethyl adjacent to an activating group) is 1. The summed E-state index contributed by atoms with van der Waals surface area (Å²) in [6, 6.07) is 3.96. The van der Waals surface area contributed by atoms with Crippen molar-refractivity contribution in [1.82, 2.24) is 19.7 Å². The van der Waals surface area contributed by atoms with Gasteiger partial charge in [0.05, 0.1) is 0 Å². The summed E-state index contributed by atoms with van der Waals surface area (Å²) < 4.78 is 0. The Kier molecular flexibility index (Phi) is 5.27. The number of piperidine rings is 2. The van der Waals surface area contributed by atoms with Crippen molar-refractivity contribution in [3.63, 3.8) is 0 Å². The maximum absolute atomic E-state index is 12.9. The number of pyridine rings is 1. The van der Waals surface area contributed by atoms with Crippen molar-refractivity contribution in [2.24, 2.45) is 5.41 Å². The van der Waals surface area contributed by atoms with Gasteiger partial charge in [0.1, 0.15) is 5.82 Å². The zero-order valence-electron chi connectivity index (χ0n) is 17.0. The second-order valence-electron chi connectivity index (χ2n) is 8.70. The topological polar surface area (TPSA) is 68.8 Å². The van der Waals surface area contributed by atoms with Crippen molar-refractivity contribution in [2.45, 2.75) is 38.1 Å². The summed E-state index contributed by atoms with van der Waals surface area (Å²) in [4.78, 5) is 36.1. The van der Waals surface area contributed by atoms with E-state index in [9.17, 15) is 9.59 Å². The molecule has 4 heterocycles. The van der Waals surface area contributed by atoms with Gasteiger partial charge in [0.25, 0.3) is 5.91 Å². The van der Waals surface area contributed by atoms with Gasteiger partial charge in [0.15, 0.2) is 0 Å². The Morgan fingerprint density at radius 2 is 2.04 bits per heavy atom. The fourth-order valence-electron chi connectivity index (χ4n) is 5.02. The Morgan fingerprint density at radius 3 is 2.71 bits per heavy atom. The van der Waals surface area contributed by atoms with E-state index in [1.54, 1.807) is 19.3 Å². The van der Waals surface area contributed by atoms with E-state index in [1.165, 1.54) is 0 Å². The molecule has 1 aromatic heterocycles. The van der Waals surface area contributed by atoms with Gasteiger partial charge < -0.3 is 20.0 Å². The molecule has 3 fully saturated rings. The van der Waals surface area contributed by atoms with Gasteiger partial charge >= 0.3 is 0 Å². The Morgan fingerprint density at radius 1 is 1.25 bits per heavy atom. The third kappa shape index (κ3) is 3.72. The molecular formula is C21H31N5O2. The summed E-state index contributed by atoms with van der Waals surface area (Å²) in [7, 11) is 3.94. The molecule has 3 aliphatic rings. The SMILES string of the molecule is CNc1cc(C(=O)N2CCC3(CCC(=O)N(C4CCN(C)C4)C3)CC2)ccn1. The number of hydrogen-bond acceptors (Lipinski definition) is 5. The molecule has 4 rings (SSSR count). The van der Waals surface area contributed by atoms with Gasteiger partial charge in [-0.3, -0.25) is 9.59 Å². The molecule has 0 aliphatic carbocycles. The Balaban J connectivity index is 1.40. The fourth-order valence-corrected chi connectivity index (χ4v) is 5.02. The number of rotatable bonds is 3. The average Bonchev–Trinajstić information content (AvgIpc) is 3.16. The molecule has 1 aromatic rings. The van der Waals surface area contributed by atoms with Crippen LogP contribution in [0.3, 0.4) is 0 Å². The molecule has 0 saturated carbocycles. The number of anilines is 1. The van der Waals surface area contributed by atoms with Crippen LogP contribution in [-0.2, 0) is 4.79 Å². The maximum Gasteiger partial charge on any atom is 0.254 e. The highest BCUT2D eigenvalue weighted by molar-refractivity contribution is 5.94. The van der Waals surface area contributed by atoms with Crippen LogP contribution in [0.4, 0.5) is 5.82 Å². The largest absolute Gasteiger partial charge is 0.373 e. The summed E-state index contributed by atoms with van der Waals surface area (Å²) in [6.07, 6.45) is 6.34. The number of aromatic nitrogens is 1. The van der Waals surface area contributed by atoms with Crippen molar-refractivity contribution in [3.05, 3.63) is 23.9 Å². The van der Waals surface area contributed by atoms with Crippen LogP contribution in [-0.4, -0.2) is 84.4 Å². The molecule has 28 heavy (non-hydrogen) atoms. The zero-order valence-corrected chi connectivity index (χ0v) is 17.0. The molecule has 1 unspecified atom stereocenters. The van der Waals surface area contributed by atoms with Gasteiger partial charge in [0.2, 0.25) is 5.91 Å². The number of nitrogens with one attached hydrogen (secondary N) is 1. The lowest BCUT2D eigenvalue weighted by molar-refractivity contribution is -0.141. The van der Waals surface area contributed by atoms with Crippen molar-refractivity contribution < 1.29 is 9.59 Å². The Labute approximate surface area is 167 Å². The highest BCUT2D eigenvalue weighted by atomic mass is 16.2. The number of hydrogen-bond donors (Lipinski definition) is 1. The van der Waals surface area contributed by atoms with E-state index in [0.717, 1.165) is 58.4 Å². The minimum atomic E-state index is 0.0786. The molecule has 3 saturated heterocycles. The van der Waals surface area contributed by atoms with E-state index in [0.29, 0.717) is 29.8 Å². The van der Waals surface area contributed by atoms with Gasteiger partial charge in [-0.25, -0.2) is 4.98 Å². The lowest BCUT2D eigenvalue weighted by Gasteiger charge is -2.49. The molecule has 7 heteroatoms. The normalized spacial score (nSPS) is 25.4. The van der Waals surface area contributed by atoms with E-state index < -0.39 is 0 Å².